The zero-order chi connectivity index (χ0) is 17.6. The minimum Gasteiger partial charge on any atom is -0.383 e. The van der Waals surface area contributed by atoms with E-state index in [9.17, 15) is 10.1 Å². The summed E-state index contributed by atoms with van der Waals surface area (Å²) in [6.07, 6.45) is 5.64. The number of nitro benzene ring substituents is 1. The largest absolute Gasteiger partial charge is 0.383 e. The number of piperidine rings is 1. The van der Waals surface area contributed by atoms with Gasteiger partial charge in [0.25, 0.3) is 5.69 Å². The lowest BCUT2D eigenvalue weighted by molar-refractivity contribution is -0.384. The van der Waals surface area contributed by atoms with E-state index < -0.39 is 0 Å². The summed E-state index contributed by atoms with van der Waals surface area (Å²) in [5, 5.41) is 17.5. The fourth-order valence-corrected chi connectivity index (χ4v) is 3.09. The van der Waals surface area contributed by atoms with Gasteiger partial charge in [-0.2, -0.15) is 0 Å². The van der Waals surface area contributed by atoms with Gasteiger partial charge in [-0.1, -0.05) is 6.07 Å². The fraction of sp³-hybridized carbons (Fsp3) is 0.412. The van der Waals surface area contributed by atoms with Gasteiger partial charge in [-0.25, -0.2) is 9.97 Å². The Kier molecular flexibility index (Phi) is 5.39. The van der Waals surface area contributed by atoms with Gasteiger partial charge in [0.05, 0.1) is 4.92 Å². The Bertz CT molecular complexity index is 724. The Balaban J connectivity index is 1.61. The molecule has 2 heterocycles. The van der Waals surface area contributed by atoms with E-state index in [2.05, 4.69) is 25.5 Å². The molecule has 3 rings (SSSR count). The first-order valence-electron chi connectivity index (χ1n) is 8.38. The summed E-state index contributed by atoms with van der Waals surface area (Å²) in [6.45, 7) is 2.38. The number of rotatable bonds is 6. The number of nitrogens with zero attached hydrogens (tertiary/aromatic N) is 4. The molecular formula is C17H22N6O2. The van der Waals surface area contributed by atoms with Gasteiger partial charge in [0.2, 0.25) is 5.95 Å². The van der Waals surface area contributed by atoms with Gasteiger partial charge in [-0.15, -0.1) is 0 Å². The maximum Gasteiger partial charge on any atom is 0.292 e. The number of nitro groups is 1. The van der Waals surface area contributed by atoms with Gasteiger partial charge >= 0.3 is 0 Å². The Morgan fingerprint density at radius 2 is 2.16 bits per heavy atom. The number of hydrogen-bond donors (Lipinski definition) is 2. The predicted molar refractivity (Wildman–Crippen MR) is 96.7 cm³/mol. The van der Waals surface area contributed by atoms with Crippen LogP contribution in [0.15, 0.2) is 36.7 Å². The summed E-state index contributed by atoms with van der Waals surface area (Å²) >= 11 is 0. The van der Waals surface area contributed by atoms with Crippen molar-refractivity contribution in [3.05, 3.63) is 52.3 Å². The van der Waals surface area contributed by atoms with Crippen molar-refractivity contribution in [3.8, 4) is 0 Å². The highest BCUT2D eigenvalue weighted by atomic mass is 16.6. The molecule has 25 heavy (non-hydrogen) atoms. The zero-order valence-electron chi connectivity index (χ0n) is 14.2. The predicted octanol–water partition coefficient (Wildman–Crippen LogP) is 2.19. The summed E-state index contributed by atoms with van der Waals surface area (Å²) in [6, 6.07) is 7.40. The molecular weight excluding hydrogens is 320 g/mol. The molecule has 8 heteroatoms. The molecule has 1 fully saturated rings. The van der Waals surface area contributed by atoms with Crippen LogP contribution in [0.25, 0.3) is 0 Å². The van der Waals surface area contributed by atoms with E-state index in [-0.39, 0.29) is 10.6 Å². The van der Waals surface area contributed by atoms with Gasteiger partial charge in [0, 0.05) is 51.2 Å². The summed E-state index contributed by atoms with van der Waals surface area (Å²) in [5.41, 5.74) is 1.53. The highest BCUT2D eigenvalue weighted by Crippen LogP contribution is 2.25. The first-order chi connectivity index (χ1) is 12.2. The fourth-order valence-electron chi connectivity index (χ4n) is 3.09. The minimum atomic E-state index is -0.357. The molecule has 1 saturated heterocycles. The lowest BCUT2D eigenvalue weighted by atomic mass is 10.1. The molecule has 1 aliphatic rings. The van der Waals surface area contributed by atoms with E-state index in [4.69, 9.17) is 0 Å². The smallest absolute Gasteiger partial charge is 0.292 e. The van der Waals surface area contributed by atoms with Crippen LogP contribution in [0.3, 0.4) is 0 Å². The topological polar surface area (TPSA) is 96.2 Å². The molecule has 1 unspecified atom stereocenters. The first kappa shape index (κ1) is 17.1. The molecule has 0 bridgehead atoms. The van der Waals surface area contributed by atoms with E-state index in [0.717, 1.165) is 37.4 Å². The number of hydrogen-bond acceptors (Lipinski definition) is 7. The van der Waals surface area contributed by atoms with E-state index in [1.807, 2.05) is 12.1 Å². The van der Waals surface area contributed by atoms with Crippen molar-refractivity contribution in [2.45, 2.75) is 25.4 Å². The monoisotopic (exact) mass is 342 g/mol. The van der Waals surface area contributed by atoms with E-state index in [0.29, 0.717) is 18.3 Å². The van der Waals surface area contributed by atoms with Crippen molar-refractivity contribution >= 4 is 17.3 Å². The number of aromatic nitrogens is 2. The molecule has 0 spiro atoms. The van der Waals surface area contributed by atoms with E-state index in [1.165, 1.54) is 0 Å². The second-order valence-electron chi connectivity index (χ2n) is 6.07. The molecule has 2 aromatic rings. The van der Waals surface area contributed by atoms with Crippen LogP contribution in [0.2, 0.25) is 0 Å². The molecule has 132 valence electrons. The summed E-state index contributed by atoms with van der Waals surface area (Å²) in [7, 11) is 1.68. The van der Waals surface area contributed by atoms with Crippen LogP contribution in [0.4, 0.5) is 17.3 Å². The van der Waals surface area contributed by atoms with E-state index >= 15 is 0 Å². The maximum absolute atomic E-state index is 11.2. The number of benzene rings is 1. The van der Waals surface area contributed by atoms with Crippen LogP contribution in [0, 0.1) is 10.1 Å². The van der Waals surface area contributed by atoms with Crippen molar-refractivity contribution in [3.63, 3.8) is 0 Å². The normalized spacial score (nSPS) is 17.3. The molecule has 1 aromatic heterocycles. The second-order valence-corrected chi connectivity index (χ2v) is 6.07. The molecule has 1 aliphatic heterocycles. The van der Waals surface area contributed by atoms with Crippen LogP contribution in [-0.2, 0) is 6.54 Å². The molecule has 1 atom stereocenters. The zero-order valence-corrected chi connectivity index (χ0v) is 14.2. The molecule has 8 nitrogen and oxygen atoms in total. The molecule has 0 saturated carbocycles. The Morgan fingerprint density at radius 1 is 1.36 bits per heavy atom. The van der Waals surface area contributed by atoms with Gasteiger partial charge in [-0.05, 0) is 30.5 Å². The molecule has 0 amide bonds. The standard InChI is InChI=1S/C17H22N6O2/c1-18-15-6-5-13(10-16(15)23(24)25)11-21-14-4-2-9-22(12-14)17-19-7-3-8-20-17/h3,5-8,10,14,18,21H,2,4,9,11-12H2,1H3. The quantitative estimate of drug-likeness (QED) is 0.613. The average molecular weight is 342 g/mol. The summed E-state index contributed by atoms with van der Waals surface area (Å²) in [5.74, 6) is 0.753. The maximum atomic E-state index is 11.2. The summed E-state index contributed by atoms with van der Waals surface area (Å²) in [4.78, 5) is 21.6. The van der Waals surface area contributed by atoms with Crippen LogP contribution in [0.1, 0.15) is 18.4 Å². The van der Waals surface area contributed by atoms with Crippen LogP contribution >= 0.6 is 0 Å². The van der Waals surface area contributed by atoms with Crippen molar-refractivity contribution in [1.82, 2.24) is 15.3 Å². The Hall–Kier alpha value is -2.74. The van der Waals surface area contributed by atoms with Crippen molar-refractivity contribution in [1.29, 1.82) is 0 Å². The molecule has 0 aliphatic carbocycles. The minimum absolute atomic E-state index is 0.102. The summed E-state index contributed by atoms with van der Waals surface area (Å²) < 4.78 is 0. The SMILES string of the molecule is CNc1ccc(CNC2CCCN(c3ncccn3)C2)cc1[N+](=O)[O-]. The number of anilines is 2. The highest BCUT2D eigenvalue weighted by molar-refractivity contribution is 5.62. The Morgan fingerprint density at radius 3 is 2.88 bits per heavy atom. The second kappa shape index (κ2) is 7.89. The van der Waals surface area contributed by atoms with Crippen molar-refractivity contribution in [2.24, 2.45) is 0 Å². The third kappa shape index (κ3) is 4.21. The first-order valence-corrected chi connectivity index (χ1v) is 8.38. The van der Waals surface area contributed by atoms with Crippen molar-refractivity contribution < 1.29 is 4.92 Å². The third-order valence-corrected chi connectivity index (χ3v) is 4.38. The average Bonchev–Trinajstić information content (AvgIpc) is 2.67. The van der Waals surface area contributed by atoms with E-state index in [1.54, 1.807) is 31.6 Å². The van der Waals surface area contributed by atoms with Crippen molar-refractivity contribution in [2.75, 3.05) is 30.4 Å². The van der Waals surface area contributed by atoms with Gasteiger partial charge < -0.3 is 15.5 Å². The lowest BCUT2D eigenvalue weighted by Crippen LogP contribution is -2.46. The lowest BCUT2D eigenvalue weighted by Gasteiger charge is -2.33. The van der Waals surface area contributed by atoms with Gasteiger partial charge in [0.15, 0.2) is 0 Å². The van der Waals surface area contributed by atoms with Gasteiger partial charge in [-0.3, -0.25) is 10.1 Å². The molecule has 1 aromatic carbocycles. The van der Waals surface area contributed by atoms with Crippen LogP contribution in [-0.4, -0.2) is 41.1 Å². The third-order valence-electron chi connectivity index (χ3n) is 4.38. The Labute approximate surface area is 146 Å². The van der Waals surface area contributed by atoms with Crippen LogP contribution in [0.5, 0.6) is 0 Å². The van der Waals surface area contributed by atoms with Crippen LogP contribution < -0.4 is 15.5 Å². The number of nitrogens with one attached hydrogen (secondary N) is 2. The molecule has 0 radical (unpaired) electrons. The molecule has 2 N–H and O–H groups in total. The van der Waals surface area contributed by atoms with Gasteiger partial charge in [0.1, 0.15) is 5.69 Å². The highest BCUT2D eigenvalue weighted by Gasteiger charge is 2.21.